The van der Waals surface area contributed by atoms with Crippen LogP contribution in [0.4, 0.5) is 0 Å². The van der Waals surface area contributed by atoms with Crippen LogP contribution in [-0.4, -0.2) is 56.3 Å². The fraction of sp³-hybridized carbons (Fsp3) is 0.444. The van der Waals surface area contributed by atoms with Crippen LogP contribution < -0.4 is 10.1 Å². The number of likely N-dealkylation sites (tertiary alicyclic amines) is 1. The summed E-state index contributed by atoms with van der Waals surface area (Å²) in [6, 6.07) is 10.2. The zero-order valence-electron chi connectivity index (χ0n) is 19.6. The highest BCUT2D eigenvalue weighted by Gasteiger charge is 2.58. The van der Waals surface area contributed by atoms with Crippen molar-refractivity contribution in [3.05, 3.63) is 72.7 Å². The van der Waals surface area contributed by atoms with Crippen molar-refractivity contribution < 1.29 is 18.7 Å². The van der Waals surface area contributed by atoms with Crippen molar-refractivity contribution >= 4 is 12.0 Å². The number of ether oxygens (including phenoxy) is 2. The third-order valence-electron chi connectivity index (χ3n) is 7.41. The molecular weight excluding hydrogens is 416 g/mol. The number of methoxy groups -OCH3 is 2. The zero-order chi connectivity index (χ0) is 23.3. The predicted molar refractivity (Wildman–Crippen MR) is 129 cm³/mol. The van der Waals surface area contributed by atoms with Crippen molar-refractivity contribution in [2.24, 2.45) is 0 Å². The van der Waals surface area contributed by atoms with E-state index in [0.29, 0.717) is 0 Å². The number of piperidine rings is 1. The number of nitrogens with one attached hydrogen (secondary N) is 1. The van der Waals surface area contributed by atoms with Gasteiger partial charge in [0.05, 0.1) is 25.2 Å². The first-order valence-electron chi connectivity index (χ1n) is 11.6. The number of hydrogen-bond donors (Lipinski definition) is 1. The Morgan fingerprint density at radius 2 is 2.21 bits per heavy atom. The van der Waals surface area contributed by atoms with Crippen LogP contribution in [-0.2, 0) is 14.9 Å². The van der Waals surface area contributed by atoms with Gasteiger partial charge in [-0.3, -0.25) is 9.69 Å². The van der Waals surface area contributed by atoms with Crippen LogP contribution in [0.5, 0.6) is 5.75 Å². The van der Waals surface area contributed by atoms with Crippen LogP contribution in [0.25, 0.3) is 6.08 Å². The van der Waals surface area contributed by atoms with Gasteiger partial charge in [-0.2, -0.15) is 0 Å². The van der Waals surface area contributed by atoms with E-state index in [4.69, 9.17) is 13.9 Å². The highest BCUT2D eigenvalue weighted by Crippen LogP contribution is 2.53. The first kappa shape index (κ1) is 23.3. The Kier molecular flexibility index (Phi) is 7.05. The maximum Gasteiger partial charge on any atom is 0.244 e. The minimum Gasteiger partial charge on any atom is -0.497 e. The molecule has 33 heavy (non-hydrogen) atoms. The monoisotopic (exact) mass is 450 g/mol. The van der Waals surface area contributed by atoms with Crippen LogP contribution in [0, 0.1) is 0 Å². The van der Waals surface area contributed by atoms with Gasteiger partial charge in [-0.25, -0.2) is 0 Å². The van der Waals surface area contributed by atoms with E-state index < -0.39 is 0 Å². The minimum absolute atomic E-state index is 0.0620. The van der Waals surface area contributed by atoms with Gasteiger partial charge in [0, 0.05) is 43.3 Å². The van der Waals surface area contributed by atoms with Gasteiger partial charge in [0.2, 0.25) is 5.91 Å². The molecule has 1 amide bonds. The summed E-state index contributed by atoms with van der Waals surface area (Å²) in [5.41, 5.74) is 1.52. The second-order valence-corrected chi connectivity index (χ2v) is 9.12. The molecule has 4 rings (SSSR count). The largest absolute Gasteiger partial charge is 0.497 e. The summed E-state index contributed by atoms with van der Waals surface area (Å²) in [7, 11) is 3.53. The smallest absolute Gasteiger partial charge is 0.244 e. The molecule has 2 aromatic rings. The van der Waals surface area contributed by atoms with E-state index in [1.54, 1.807) is 31.8 Å². The standard InChI is InChI=1S/C27H34N2O4/c1-4-14-29-15-13-26(22-6-5-7-24(17-22)31-2)18-23(10-12-27(26,20-29)32-3)28-25(30)9-8-21-11-16-33-19-21/h4-9,11,16-17,19,23H,1,10,12-15,18,20H2,2-3H3,(H,28,30)/b9-8+/t23-,26-,27-/m0/s1. The summed E-state index contributed by atoms with van der Waals surface area (Å²) < 4.78 is 17.0. The van der Waals surface area contributed by atoms with Gasteiger partial charge >= 0.3 is 0 Å². The van der Waals surface area contributed by atoms with Crippen molar-refractivity contribution in [1.29, 1.82) is 0 Å². The first-order valence-corrected chi connectivity index (χ1v) is 11.6. The molecule has 1 aromatic heterocycles. The van der Waals surface area contributed by atoms with E-state index in [9.17, 15) is 4.79 Å². The molecule has 176 valence electrons. The number of amides is 1. The first-order chi connectivity index (χ1) is 16.0. The average Bonchev–Trinajstić information content (AvgIpc) is 3.37. The molecule has 6 heteroatoms. The van der Waals surface area contributed by atoms with E-state index in [1.807, 2.05) is 25.3 Å². The van der Waals surface area contributed by atoms with Crippen molar-refractivity contribution in [2.75, 3.05) is 33.9 Å². The number of rotatable bonds is 8. The molecule has 2 aliphatic rings. The molecule has 1 aliphatic carbocycles. The van der Waals surface area contributed by atoms with E-state index in [0.717, 1.165) is 56.6 Å². The Morgan fingerprint density at radius 1 is 1.33 bits per heavy atom. The highest BCUT2D eigenvalue weighted by molar-refractivity contribution is 5.91. The summed E-state index contributed by atoms with van der Waals surface area (Å²) in [5, 5.41) is 3.24. The van der Waals surface area contributed by atoms with Crippen LogP contribution in [0.3, 0.4) is 0 Å². The Labute approximate surface area is 196 Å². The molecule has 2 heterocycles. The number of hydrogen-bond acceptors (Lipinski definition) is 5. The summed E-state index contributed by atoms with van der Waals surface area (Å²) in [6.07, 6.45) is 12.0. The molecule has 1 saturated carbocycles. The second-order valence-electron chi connectivity index (χ2n) is 9.12. The summed E-state index contributed by atoms with van der Waals surface area (Å²) in [4.78, 5) is 15.1. The number of furan rings is 1. The number of carbonyl (C=O) groups excluding carboxylic acids is 1. The SMILES string of the molecule is C=CCN1CC[C@@]2(c3cccc(OC)c3)C[C@@H](NC(=O)/C=C/c3ccoc3)CC[C@]2(OC)C1. The summed E-state index contributed by atoms with van der Waals surface area (Å²) >= 11 is 0. The van der Waals surface area contributed by atoms with Crippen LogP contribution >= 0.6 is 0 Å². The zero-order valence-corrected chi connectivity index (χ0v) is 19.6. The molecule has 1 saturated heterocycles. The molecule has 0 unspecified atom stereocenters. The molecular formula is C27H34N2O4. The van der Waals surface area contributed by atoms with Crippen molar-refractivity contribution in [1.82, 2.24) is 10.2 Å². The maximum atomic E-state index is 12.7. The van der Waals surface area contributed by atoms with Gasteiger partial charge in [-0.05, 0) is 62.1 Å². The number of benzene rings is 1. The van der Waals surface area contributed by atoms with Gasteiger partial charge in [0.25, 0.3) is 0 Å². The van der Waals surface area contributed by atoms with Crippen LogP contribution in [0.1, 0.15) is 36.8 Å². The van der Waals surface area contributed by atoms with Crippen LogP contribution in [0.2, 0.25) is 0 Å². The Bertz CT molecular complexity index is 986. The van der Waals surface area contributed by atoms with Crippen LogP contribution in [0.15, 0.2) is 66.0 Å². The number of nitrogens with zero attached hydrogens (tertiary/aromatic N) is 1. The fourth-order valence-corrected chi connectivity index (χ4v) is 5.77. The predicted octanol–water partition coefficient (Wildman–Crippen LogP) is 4.19. The van der Waals surface area contributed by atoms with Gasteiger partial charge < -0.3 is 19.2 Å². The third kappa shape index (κ3) is 4.63. The number of carbonyl (C=O) groups is 1. The Balaban J connectivity index is 1.62. The molecule has 3 atom stereocenters. The molecule has 0 bridgehead atoms. The van der Waals surface area contributed by atoms with Crippen molar-refractivity contribution in [3.8, 4) is 5.75 Å². The second kappa shape index (κ2) is 9.98. The summed E-state index contributed by atoms with van der Waals surface area (Å²) in [5.74, 6) is 0.755. The lowest BCUT2D eigenvalue weighted by Gasteiger charge is -2.59. The van der Waals surface area contributed by atoms with Gasteiger partial charge in [-0.15, -0.1) is 6.58 Å². The Morgan fingerprint density at radius 3 is 2.94 bits per heavy atom. The average molecular weight is 451 g/mol. The normalized spacial score (nSPS) is 27.8. The lowest BCUT2D eigenvalue weighted by atomic mass is 9.55. The Hall–Kier alpha value is -2.83. The van der Waals surface area contributed by atoms with Crippen molar-refractivity contribution in [3.63, 3.8) is 0 Å². The molecule has 1 aliphatic heterocycles. The van der Waals surface area contributed by atoms with Crippen molar-refractivity contribution in [2.45, 2.75) is 42.7 Å². The quantitative estimate of drug-likeness (QED) is 0.483. The number of fused-ring (bicyclic) bond motifs is 1. The molecule has 0 radical (unpaired) electrons. The lowest BCUT2D eigenvalue weighted by molar-refractivity contribution is -0.148. The van der Waals surface area contributed by atoms with E-state index in [-0.39, 0.29) is 23.0 Å². The topological polar surface area (TPSA) is 63.9 Å². The minimum atomic E-state index is -0.339. The summed E-state index contributed by atoms with van der Waals surface area (Å²) in [6.45, 7) is 6.57. The highest BCUT2D eigenvalue weighted by atomic mass is 16.5. The molecule has 1 aromatic carbocycles. The molecule has 1 N–H and O–H groups in total. The molecule has 6 nitrogen and oxygen atoms in total. The van der Waals surface area contributed by atoms with Gasteiger partial charge in [-0.1, -0.05) is 18.2 Å². The molecule has 0 spiro atoms. The lowest BCUT2D eigenvalue weighted by Crippen LogP contribution is -2.67. The fourth-order valence-electron chi connectivity index (χ4n) is 5.77. The van der Waals surface area contributed by atoms with E-state index in [1.165, 1.54) is 5.56 Å². The third-order valence-corrected chi connectivity index (χ3v) is 7.41. The van der Waals surface area contributed by atoms with E-state index >= 15 is 0 Å². The van der Waals surface area contributed by atoms with Gasteiger partial charge in [0.1, 0.15) is 5.75 Å². The maximum absolute atomic E-state index is 12.7. The van der Waals surface area contributed by atoms with Gasteiger partial charge in [0.15, 0.2) is 0 Å². The molecule has 2 fully saturated rings. The van der Waals surface area contributed by atoms with E-state index in [2.05, 4.69) is 35.0 Å².